The highest BCUT2D eigenvalue weighted by Gasteiger charge is 2.39. The topological polar surface area (TPSA) is 92.5 Å². The highest BCUT2D eigenvalue weighted by Crippen LogP contribution is 2.36. The van der Waals surface area contributed by atoms with Crippen LogP contribution in [0.1, 0.15) is 31.2 Å². The first-order valence-electron chi connectivity index (χ1n) is 9.99. The van der Waals surface area contributed by atoms with Crippen LogP contribution in [0.4, 0.5) is 17.1 Å². The maximum Gasteiger partial charge on any atom is 0.271 e. The van der Waals surface area contributed by atoms with Gasteiger partial charge in [-0.25, -0.2) is 0 Å². The van der Waals surface area contributed by atoms with Crippen molar-refractivity contribution in [1.29, 1.82) is 0 Å². The van der Waals surface area contributed by atoms with Gasteiger partial charge in [0.25, 0.3) is 5.69 Å². The fourth-order valence-electron chi connectivity index (χ4n) is 4.44. The van der Waals surface area contributed by atoms with Gasteiger partial charge in [-0.15, -0.1) is 0 Å². The van der Waals surface area contributed by atoms with Crippen LogP contribution in [0.15, 0.2) is 48.5 Å². The van der Waals surface area contributed by atoms with Crippen LogP contribution in [0, 0.1) is 22.0 Å². The van der Waals surface area contributed by atoms with E-state index < -0.39 is 10.8 Å². The number of nitrogens with one attached hydrogen (secondary N) is 1. The number of anilines is 2. The fraction of sp³-hybridized carbons (Fsp3) is 0.364. The van der Waals surface area contributed by atoms with Gasteiger partial charge in [0.05, 0.1) is 10.8 Å². The molecule has 2 aromatic rings. The number of nitrogens with zero attached hydrogens (tertiary/aromatic N) is 2. The molecule has 1 fully saturated rings. The first-order chi connectivity index (χ1) is 14.0. The normalized spacial score (nSPS) is 20.8. The summed E-state index contributed by atoms with van der Waals surface area (Å²) in [5.74, 6) is -1.03. The number of para-hydroxylation sites is 1. The number of non-ortho nitro benzene ring substituents is 1. The van der Waals surface area contributed by atoms with E-state index in [-0.39, 0.29) is 23.4 Å². The van der Waals surface area contributed by atoms with Crippen LogP contribution in [0.2, 0.25) is 0 Å². The van der Waals surface area contributed by atoms with Crippen molar-refractivity contribution in [1.82, 2.24) is 0 Å². The van der Waals surface area contributed by atoms with Gasteiger partial charge in [0, 0.05) is 36.0 Å². The Bertz CT molecular complexity index is 959. The number of rotatable bonds is 4. The van der Waals surface area contributed by atoms with Crippen LogP contribution in [-0.2, 0) is 16.0 Å². The molecule has 0 spiro atoms. The lowest BCUT2D eigenvalue weighted by Gasteiger charge is -2.32. The molecule has 4 rings (SSSR count). The summed E-state index contributed by atoms with van der Waals surface area (Å²) in [4.78, 5) is 38.6. The highest BCUT2D eigenvalue weighted by molar-refractivity contribution is 6.02. The van der Waals surface area contributed by atoms with E-state index in [4.69, 9.17) is 0 Å². The van der Waals surface area contributed by atoms with Gasteiger partial charge in [-0.1, -0.05) is 37.1 Å². The Morgan fingerprint density at radius 3 is 2.59 bits per heavy atom. The van der Waals surface area contributed by atoms with E-state index in [1.54, 1.807) is 12.1 Å². The third-order valence-corrected chi connectivity index (χ3v) is 5.90. The molecule has 0 saturated heterocycles. The summed E-state index contributed by atoms with van der Waals surface area (Å²) in [6.07, 6.45) is 3.98. The molecule has 2 atom stereocenters. The van der Waals surface area contributed by atoms with Crippen LogP contribution < -0.4 is 10.2 Å². The molecule has 2 amide bonds. The lowest BCUT2D eigenvalue weighted by molar-refractivity contribution is -0.384. The van der Waals surface area contributed by atoms with Gasteiger partial charge >= 0.3 is 0 Å². The summed E-state index contributed by atoms with van der Waals surface area (Å²) >= 11 is 0. The van der Waals surface area contributed by atoms with E-state index in [1.807, 2.05) is 29.2 Å². The second-order valence-electron chi connectivity index (χ2n) is 7.66. The van der Waals surface area contributed by atoms with Crippen LogP contribution in [0.3, 0.4) is 0 Å². The average Bonchev–Trinajstić information content (AvgIpc) is 3.17. The van der Waals surface area contributed by atoms with Crippen LogP contribution in [0.5, 0.6) is 0 Å². The van der Waals surface area contributed by atoms with Gasteiger partial charge in [-0.3, -0.25) is 19.7 Å². The van der Waals surface area contributed by atoms with E-state index in [0.29, 0.717) is 25.1 Å². The Labute approximate surface area is 168 Å². The lowest BCUT2D eigenvalue weighted by atomic mass is 9.77. The van der Waals surface area contributed by atoms with Gasteiger partial charge in [0.15, 0.2) is 0 Å². The third-order valence-electron chi connectivity index (χ3n) is 5.90. The molecular formula is C22H23N3O4. The average molecular weight is 393 g/mol. The minimum atomic E-state index is -0.493. The van der Waals surface area contributed by atoms with Crippen molar-refractivity contribution in [2.45, 2.75) is 32.1 Å². The zero-order chi connectivity index (χ0) is 20.4. The fourth-order valence-corrected chi connectivity index (χ4v) is 4.44. The molecule has 2 aromatic carbocycles. The van der Waals surface area contributed by atoms with Crippen LogP contribution in [-0.4, -0.2) is 23.3 Å². The number of nitro groups is 1. The maximum absolute atomic E-state index is 13.3. The quantitative estimate of drug-likeness (QED) is 0.629. The first-order valence-corrected chi connectivity index (χ1v) is 9.99. The number of amides is 2. The standard InChI is InChI=1S/C22H23N3O4/c26-21(23-16-7-5-8-17(14-16)25(28)29)18-9-2-3-10-19(18)22(27)24-13-12-15-6-1-4-11-20(15)24/h1,4-8,11,14,18-19H,2-3,9-10,12-13H2,(H,23,26). The minimum Gasteiger partial charge on any atom is -0.326 e. The Morgan fingerprint density at radius 2 is 1.79 bits per heavy atom. The van der Waals surface area contributed by atoms with Crippen molar-refractivity contribution in [3.63, 3.8) is 0 Å². The molecular weight excluding hydrogens is 370 g/mol. The van der Waals surface area contributed by atoms with E-state index in [2.05, 4.69) is 5.32 Å². The molecule has 1 N–H and O–H groups in total. The van der Waals surface area contributed by atoms with Crippen molar-refractivity contribution in [2.75, 3.05) is 16.8 Å². The van der Waals surface area contributed by atoms with Crippen molar-refractivity contribution >= 4 is 28.9 Å². The SMILES string of the molecule is O=C(Nc1cccc([N+](=O)[O-])c1)C1CCCCC1C(=O)N1CCc2ccccc21. The molecule has 150 valence electrons. The largest absolute Gasteiger partial charge is 0.326 e. The Morgan fingerprint density at radius 1 is 1.03 bits per heavy atom. The summed E-state index contributed by atoms with van der Waals surface area (Å²) in [7, 11) is 0. The molecule has 7 heteroatoms. The summed E-state index contributed by atoms with van der Waals surface area (Å²) in [5.41, 5.74) is 2.41. The van der Waals surface area contributed by atoms with Crippen molar-refractivity contribution in [3.05, 3.63) is 64.2 Å². The minimum absolute atomic E-state index is 0.00819. The first kappa shape index (κ1) is 19.1. The zero-order valence-corrected chi connectivity index (χ0v) is 16.0. The number of hydrogen-bond donors (Lipinski definition) is 1. The van der Waals surface area contributed by atoms with E-state index >= 15 is 0 Å². The van der Waals surface area contributed by atoms with Gasteiger partial charge in [0.1, 0.15) is 0 Å². The van der Waals surface area contributed by atoms with E-state index in [0.717, 1.165) is 30.5 Å². The van der Waals surface area contributed by atoms with Gasteiger partial charge < -0.3 is 10.2 Å². The molecule has 0 bridgehead atoms. The molecule has 1 aliphatic carbocycles. The Balaban J connectivity index is 1.52. The Hall–Kier alpha value is -3.22. The second-order valence-corrected chi connectivity index (χ2v) is 7.66. The summed E-state index contributed by atoms with van der Waals surface area (Å²) < 4.78 is 0. The molecule has 1 saturated carbocycles. The third kappa shape index (κ3) is 3.85. The van der Waals surface area contributed by atoms with Crippen LogP contribution >= 0.6 is 0 Å². The summed E-state index contributed by atoms with van der Waals surface area (Å²) in [6, 6.07) is 13.8. The molecule has 0 radical (unpaired) electrons. The summed E-state index contributed by atoms with van der Waals surface area (Å²) in [6.45, 7) is 0.647. The second kappa shape index (κ2) is 8.03. The Kier molecular flexibility index (Phi) is 5.29. The van der Waals surface area contributed by atoms with Crippen LogP contribution in [0.25, 0.3) is 0 Å². The number of hydrogen-bond acceptors (Lipinski definition) is 4. The molecule has 1 aliphatic heterocycles. The van der Waals surface area contributed by atoms with E-state index in [1.165, 1.54) is 12.1 Å². The monoisotopic (exact) mass is 393 g/mol. The van der Waals surface area contributed by atoms with Gasteiger partial charge in [-0.05, 0) is 37.0 Å². The van der Waals surface area contributed by atoms with Gasteiger partial charge in [0.2, 0.25) is 11.8 Å². The zero-order valence-electron chi connectivity index (χ0n) is 16.0. The van der Waals surface area contributed by atoms with Gasteiger partial charge in [-0.2, -0.15) is 0 Å². The maximum atomic E-state index is 13.3. The predicted octanol–water partition coefficient (Wildman–Crippen LogP) is 3.93. The van der Waals surface area contributed by atoms with Crippen molar-refractivity contribution in [3.8, 4) is 0 Å². The van der Waals surface area contributed by atoms with E-state index in [9.17, 15) is 19.7 Å². The molecule has 2 aliphatic rings. The molecule has 1 heterocycles. The molecule has 2 unspecified atom stereocenters. The molecule has 0 aromatic heterocycles. The number of benzene rings is 2. The molecule has 29 heavy (non-hydrogen) atoms. The smallest absolute Gasteiger partial charge is 0.271 e. The lowest BCUT2D eigenvalue weighted by Crippen LogP contribution is -2.43. The molecule has 7 nitrogen and oxygen atoms in total. The predicted molar refractivity (Wildman–Crippen MR) is 110 cm³/mol. The van der Waals surface area contributed by atoms with Crippen molar-refractivity contribution < 1.29 is 14.5 Å². The number of carbonyl (C=O) groups is 2. The summed E-state index contributed by atoms with van der Waals surface area (Å²) in [5, 5.41) is 13.8. The number of nitro benzene ring substituents is 1. The number of fused-ring (bicyclic) bond motifs is 1. The highest BCUT2D eigenvalue weighted by atomic mass is 16.6. The van der Waals surface area contributed by atoms with Crippen molar-refractivity contribution in [2.24, 2.45) is 11.8 Å². The number of carbonyl (C=O) groups excluding carboxylic acids is 2.